The van der Waals surface area contributed by atoms with E-state index in [0.717, 1.165) is 19.4 Å². The van der Waals surface area contributed by atoms with Crippen molar-refractivity contribution in [1.29, 1.82) is 0 Å². The van der Waals surface area contributed by atoms with Crippen LogP contribution in [0, 0.1) is 6.92 Å². The number of fused-ring (bicyclic) bond motifs is 4. The molecule has 1 aromatic rings. The lowest BCUT2D eigenvalue weighted by Gasteiger charge is -2.38. The molecule has 0 aliphatic carbocycles. The standard InChI is InChI=1S/C13H16N4O3/c1-8-11(12(14)19)10(18)6-9-13(20)15-4-2-3-5-16(7-15)17(8)9/h6H,2-5,7H2,1H3,(H2,14,19). The van der Waals surface area contributed by atoms with Gasteiger partial charge in [-0.1, -0.05) is 0 Å². The largest absolute Gasteiger partial charge is 0.365 e. The van der Waals surface area contributed by atoms with Crippen molar-refractivity contribution in [3.63, 3.8) is 0 Å². The SMILES string of the molecule is Cc1c(C(N)=O)c(=O)cc2n1N1CCCCN(C1)C2=O. The van der Waals surface area contributed by atoms with Gasteiger partial charge in [-0.25, -0.2) is 0 Å². The maximum Gasteiger partial charge on any atom is 0.274 e. The molecule has 106 valence electrons. The van der Waals surface area contributed by atoms with Gasteiger partial charge in [0.25, 0.3) is 11.8 Å². The van der Waals surface area contributed by atoms with Crippen molar-refractivity contribution in [2.75, 3.05) is 24.8 Å². The molecule has 1 fully saturated rings. The zero-order valence-corrected chi connectivity index (χ0v) is 11.3. The number of pyridine rings is 1. The smallest absolute Gasteiger partial charge is 0.274 e. The third kappa shape index (κ3) is 1.70. The molecule has 0 spiro atoms. The summed E-state index contributed by atoms with van der Waals surface area (Å²) in [5.41, 5.74) is 5.49. The van der Waals surface area contributed by atoms with Crippen LogP contribution in [0.1, 0.15) is 39.4 Å². The summed E-state index contributed by atoms with van der Waals surface area (Å²) in [6.45, 7) is 3.60. The second-order valence-corrected chi connectivity index (χ2v) is 5.18. The van der Waals surface area contributed by atoms with Crippen LogP contribution in [0.3, 0.4) is 0 Å². The van der Waals surface area contributed by atoms with E-state index < -0.39 is 11.3 Å². The minimum absolute atomic E-state index is 0.0424. The highest BCUT2D eigenvalue weighted by Crippen LogP contribution is 2.20. The summed E-state index contributed by atoms with van der Waals surface area (Å²) in [6.07, 6.45) is 1.89. The first-order valence-corrected chi connectivity index (χ1v) is 6.61. The third-order valence-electron chi connectivity index (χ3n) is 3.89. The van der Waals surface area contributed by atoms with Crippen LogP contribution in [0.2, 0.25) is 0 Å². The number of hydrogen-bond acceptors (Lipinski definition) is 4. The van der Waals surface area contributed by atoms with Crippen LogP contribution < -0.4 is 16.2 Å². The molecule has 0 radical (unpaired) electrons. The zero-order valence-electron chi connectivity index (χ0n) is 11.3. The minimum Gasteiger partial charge on any atom is -0.365 e. The van der Waals surface area contributed by atoms with Gasteiger partial charge in [-0.2, -0.15) is 0 Å². The Labute approximate surface area is 115 Å². The average Bonchev–Trinajstić information content (AvgIpc) is 2.59. The van der Waals surface area contributed by atoms with Crippen LogP contribution >= 0.6 is 0 Å². The number of primary amides is 1. The molecule has 2 aliphatic rings. The van der Waals surface area contributed by atoms with Crippen molar-refractivity contribution >= 4 is 11.8 Å². The average molecular weight is 276 g/mol. The number of carbonyl (C=O) groups is 2. The molecule has 1 saturated heterocycles. The Morgan fingerprint density at radius 2 is 1.95 bits per heavy atom. The topological polar surface area (TPSA) is 88.6 Å². The zero-order chi connectivity index (χ0) is 14.4. The molecule has 2 amide bonds. The Morgan fingerprint density at radius 3 is 2.65 bits per heavy atom. The van der Waals surface area contributed by atoms with Crippen LogP contribution in [0.25, 0.3) is 0 Å². The fourth-order valence-electron chi connectivity index (χ4n) is 2.97. The lowest BCUT2D eigenvalue weighted by molar-refractivity contribution is 0.0705. The van der Waals surface area contributed by atoms with Crippen LogP contribution in [0.4, 0.5) is 0 Å². The normalized spacial score (nSPS) is 17.8. The lowest BCUT2D eigenvalue weighted by atomic mass is 10.1. The predicted octanol–water partition coefficient (Wildman–Crippen LogP) is -0.599. The van der Waals surface area contributed by atoms with E-state index in [-0.39, 0.29) is 11.5 Å². The van der Waals surface area contributed by atoms with Crippen molar-refractivity contribution in [3.05, 3.63) is 33.2 Å². The van der Waals surface area contributed by atoms with Crippen molar-refractivity contribution in [2.45, 2.75) is 19.8 Å². The second kappa shape index (κ2) is 4.36. The molecule has 7 heteroatoms. The van der Waals surface area contributed by atoms with Gasteiger partial charge in [0, 0.05) is 19.2 Å². The van der Waals surface area contributed by atoms with Gasteiger partial charge >= 0.3 is 0 Å². The van der Waals surface area contributed by atoms with Crippen LogP contribution in [-0.4, -0.2) is 41.1 Å². The van der Waals surface area contributed by atoms with E-state index in [1.165, 1.54) is 6.07 Å². The molecule has 2 N–H and O–H groups in total. The van der Waals surface area contributed by atoms with Gasteiger partial charge in [0.05, 0.1) is 5.69 Å². The van der Waals surface area contributed by atoms with Crippen molar-refractivity contribution in [2.24, 2.45) is 5.73 Å². The fourth-order valence-corrected chi connectivity index (χ4v) is 2.97. The molecule has 7 nitrogen and oxygen atoms in total. The molecule has 2 aliphatic heterocycles. The Morgan fingerprint density at radius 1 is 1.25 bits per heavy atom. The maximum atomic E-state index is 12.4. The summed E-state index contributed by atoms with van der Waals surface area (Å²) in [5, 5.41) is 1.98. The summed E-state index contributed by atoms with van der Waals surface area (Å²) in [4.78, 5) is 37.6. The van der Waals surface area contributed by atoms with Gasteiger partial charge in [0.1, 0.15) is 17.9 Å². The van der Waals surface area contributed by atoms with E-state index in [9.17, 15) is 14.4 Å². The van der Waals surface area contributed by atoms with Crippen molar-refractivity contribution in [1.82, 2.24) is 9.58 Å². The van der Waals surface area contributed by atoms with E-state index in [4.69, 9.17) is 5.73 Å². The minimum atomic E-state index is -0.757. The van der Waals surface area contributed by atoms with E-state index >= 15 is 0 Å². The number of aromatic nitrogens is 1. The molecule has 0 aromatic carbocycles. The lowest BCUT2D eigenvalue weighted by Crippen LogP contribution is -2.54. The molecule has 0 unspecified atom stereocenters. The van der Waals surface area contributed by atoms with E-state index in [1.54, 1.807) is 16.5 Å². The second-order valence-electron chi connectivity index (χ2n) is 5.18. The van der Waals surface area contributed by atoms with E-state index in [1.807, 2.05) is 5.01 Å². The number of nitrogens with zero attached hydrogens (tertiary/aromatic N) is 3. The first-order chi connectivity index (χ1) is 9.50. The Hall–Kier alpha value is -2.31. The molecule has 3 heterocycles. The fraction of sp³-hybridized carbons (Fsp3) is 0.462. The van der Waals surface area contributed by atoms with Gasteiger partial charge in [-0.15, -0.1) is 0 Å². The molecular weight excluding hydrogens is 260 g/mol. The van der Waals surface area contributed by atoms with Gasteiger partial charge in [0.15, 0.2) is 5.43 Å². The van der Waals surface area contributed by atoms with E-state index in [0.29, 0.717) is 24.6 Å². The molecular formula is C13H16N4O3. The number of carbonyl (C=O) groups excluding carboxylic acids is 2. The van der Waals surface area contributed by atoms with Crippen LogP contribution in [0.5, 0.6) is 0 Å². The monoisotopic (exact) mass is 276 g/mol. The van der Waals surface area contributed by atoms with E-state index in [2.05, 4.69) is 0 Å². The summed E-state index contributed by atoms with van der Waals surface area (Å²) >= 11 is 0. The Kier molecular flexibility index (Phi) is 2.77. The van der Waals surface area contributed by atoms with Crippen LogP contribution in [-0.2, 0) is 0 Å². The van der Waals surface area contributed by atoms with Gasteiger partial charge in [-0.3, -0.25) is 24.1 Å². The summed E-state index contributed by atoms with van der Waals surface area (Å²) in [7, 11) is 0. The predicted molar refractivity (Wildman–Crippen MR) is 72.2 cm³/mol. The van der Waals surface area contributed by atoms with Crippen molar-refractivity contribution in [3.8, 4) is 0 Å². The van der Waals surface area contributed by atoms with Gasteiger partial charge in [-0.05, 0) is 19.8 Å². The summed E-state index contributed by atoms with van der Waals surface area (Å²) < 4.78 is 1.67. The highest BCUT2D eigenvalue weighted by molar-refractivity contribution is 5.97. The summed E-state index contributed by atoms with van der Waals surface area (Å²) in [6, 6.07) is 1.22. The number of amides is 2. The number of hydrogen-bond donors (Lipinski definition) is 1. The van der Waals surface area contributed by atoms with Crippen LogP contribution in [0.15, 0.2) is 10.9 Å². The summed E-state index contributed by atoms with van der Waals surface area (Å²) in [5.74, 6) is -0.924. The highest BCUT2D eigenvalue weighted by Gasteiger charge is 2.33. The first-order valence-electron chi connectivity index (χ1n) is 6.61. The molecule has 2 bridgehead atoms. The first kappa shape index (κ1) is 12.7. The molecule has 3 rings (SSSR count). The van der Waals surface area contributed by atoms with Crippen molar-refractivity contribution < 1.29 is 9.59 Å². The number of rotatable bonds is 1. The van der Waals surface area contributed by atoms with Gasteiger partial charge < -0.3 is 10.6 Å². The molecule has 20 heavy (non-hydrogen) atoms. The third-order valence-corrected chi connectivity index (χ3v) is 3.89. The Bertz CT molecular complexity index is 664. The van der Waals surface area contributed by atoms with Gasteiger partial charge in [0.2, 0.25) is 0 Å². The molecule has 0 atom stereocenters. The number of nitrogens with two attached hydrogens (primary N) is 1. The Balaban J connectivity index is 2.27. The maximum absolute atomic E-state index is 12.4. The molecule has 1 aromatic heterocycles. The highest BCUT2D eigenvalue weighted by atomic mass is 16.2. The quantitative estimate of drug-likeness (QED) is 0.742. The molecule has 0 saturated carbocycles.